The Morgan fingerprint density at radius 2 is 2.17 bits per heavy atom. The molecule has 1 aliphatic carbocycles. The number of hydrogen-bond acceptors (Lipinski definition) is 5. The molecule has 1 aliphatic rings. The van der Waals surface area contributed by atoms with E-state index in [1.165, 1.54) is 25.3 Å². The molecule has 1 atom stereocenters. The molecule has 0 bridgehead atoms. The summed E-state index contributed by atoms with van der Waals surface area (Å²) in [7, 11) is 1.28. The third kappa shape index (κ3) is 2.09. The Balaban J connectivity index is 2.36. The molecule has 94 valence electrons. The van der Waals surface area contributed by atoms with E-state index in [1.807, 2.05) is 0 Å². The summed E-state index contributed by atoms with van der Waals surface area (Å²) < 4.78 is 4.62. The topological polar surface area (TPSA) is 86.5 Å². The largest absolute Gasteiger partial charge is 0.469 e. The Bertz CT molecular complexity index is 537. The maximum absolute atomic E-state index is 11.9. The van der Waals surface area contributed by atoms with Crippen molar-refractivity contribution in [3.63, 3.8) is 0 Å². The van der Waals surface area contributed by atoms with E-state index in [4.69, 9.17) is 0 Å². The molecular weight excluding hydrogens is 238 g/mol. The summed E-state index contributed by atoms with van der Waals surface area (Å²) in [6, 6.07) is 4.14. The standard InChI is InChI=1S/C12H11NO5/c1-18-12(15)8-4-7-2-3-9(13(16)17)6-10(7)11(14)5-8/h2-3,6,8H,4-5H2,1H3. The van der Waals surface area contributed by atoms with E-state index in [-0.39, 0.29) is 17.9 Å². The zero-order valence-electron chi connectivity index (χ0n) is 9.71. The van der Waals surface area contributed by atoms with Gasteiger partial charge in [0, 0.05) is 24.1 Å². The highest BCUT2D eigenvalue weighted by Gasteiger charge is 2.31. The van der Waals surface area contributed by atoms with E-state index in [0.29, 0.717) is 17.5 Å². The van der Waals surface area contributed by atoms with Crippen LogP contribution in [0.2, 0.25) is 0 Å². The van der Waals surface area contributed by atoms with E-state index < -0.39 is 16.8 Å². The molecule has 0 heterocycles. The van der Waals surface area contributed by atoms with Gasteiger partial charge in [-0.3, -0.25) is 19.7 Å². The van der Waals surface area contributed by atoms with Gasteiger partial charge >= 0.3 is 5.97 Å². The van der Waals surface area contributed by atoms with Crippen molar-refractivity contribution < 1.29 is 19.2 Å². The lowest BCUT2D eigenvalue weighted by Gasteiger charge is -2.21. The Hall–Kier alpha value is -2.24. The predicted molar refractivity (Wildman–Crippen MR) is 61.3 cm³/mol. The molecule has 0 aliphatic heterocycles. The van der Waals surface area contributed by atoms with E-state index >= 15 is 0 Å². The van der Waals surface area contributed by atoms with Crippen LogP contribution in [0.15, 0.2) is 18.2 Å². The number of methoxy groups -OCH3 is 1. The average molecular weight is 249 g/mol. The number of benzene rings is 1. The number of carbonyl (C=O) groups excluding carboxylic acids is 2. The average Bonchev–Trinajstić information content (AvgIpc) is 2.37. The number of fused-ring (bicyclic) bond motifs is 1. The van der Waals surface area contributed by atoms with Crippen molar-refractivity contribution in [3.05, 3.63) is 39.4 Å². The van der Waals surface area contributed by atoms with Crippen LogP contribution in [0.1, 0.15) is 22.3 Å². The first-order valence-corrected chi connectivity index (χ1v) is 5.41. The zero-order chi connectivity index (χ0) is 13.3. The lowest BCUT2D eigenvalue weighted by molar-refractivity contribution is -0.384. The number of esters is 1. The molecular formula is C12H11NO5. The van der Waals surface area contributed by atoms with Gasteiger partial charge in [0.15, 0.2) is 5.78 Å². The molecule has 0 saturated carbocycles. The fourth-order valence-corrected chi connectivity index (χ4v) is 2.12. The van der Waals surface area contributed by atoms with Crippen LogP contribution in [0.4, 0.5) is 5.69 Å². The highest BCUT2D eigenvalue weighted by molar-refractivity contribution is 6.01. The fraction of sp³-hybridized carbons (Fsp3) is 0.333. The fourth-order valence-electron chi connectivity index (χ4n) is 2.12. The Kier molecular flexibility index (Phi) is 3.10. The first kappa shape index (κ1) is 12.2. The van der Waals surface area contributed by atoms with Crippen LogP contribution in [0.25, 0.3) is 0 Å². The van der Waals surface area contributed by atoms with Crippen LogP contribution in [0.3, 0.4) is 0 Å². The molecule has 0 amide bonds. The summed E-state index contributed by atoms with van der Waals surface area (Å²) in [4.78, 5) is 33.4. The molecule has 1 unspecified atom stereocenters. The van der Waals surface area contributed by atoms with Crippen molar-refractivity contribution in [1.82, 2.24) is 0 Å². The summed E-state index contributed by atoms with van der Waals surface area (Å²) in [5, 5.41) is 10.6. The van der Waals surface area contributed by atoms with Crippen LogP contribution in [0.5, 0.6) is 0 Å². The minimum absolute atomic E-state index is 0.0425. The van der Waals surface area contributed by atoms with E-state index in [9.17, 15) is 19.7 Å². The van der Waals surface area contributed by atoms with E-state index in [0.717, 1.165) is 0 Å². The maximum Gasteiger partial charge on any atom is 0.309 e. The summed E-state index contributed by atoms with van der Waals surface area (Å²) in [6.45, 7) is 0. The summed E-state index contributed by atoms with van der Waals surface area (Å²) in [6.07, 6.45) is 0.423. The minimum atomic E-state index is -0.542. The summed E-state index contributed by atoms with van der Waals surface area (Å²) >= 11 is 0. The normalized spacial score (nSPS) is 18.1. The first-order valence-electron chi connectivity index (χ1n) is 5.41. The highest BCUT2D eigenvalue weighted by Crippen LogP contribution is 2.29. The Morgan fingerprint density at radius 1 is 1.44 bits per heavy atom. The molecule has 1 aromatic carbocycles. The second-order valence-electron chi connectivity index (χ2n) is 4.15. The van der Waals surface area contributed by atoms with Gasteiger partial charge in [0.2, 0.25) is 0 Å². The molecule has 0 radical (unpaired) electrons. The molecule has 2 rings (SSSR count). The number of ether oxygens (including phenoxy) is 1. The van der Waals surface area contributed by atoms with Crippen molar-refractivity contribution >= 4 is 17.4 Å². The Labute approximate surface area is 103 Å². The van der Waals surface area contributed by atoms with Gasteiger partial charge in [-0.1, -0.05) is 6.07 Å². The Morgan fingerprint density at radius 3 is 2.78 bits per heavy atom. The number of nitrogens with zero attached hydrogens (tertiary/aromatic N) is 1. The molecule has 18 heavy (non-hydrogen) atoms. The third-order valence-electron chi connectivity index (χ3n) is 3.04. The van der Waals surface area contributed by atoms with Crippen LogP contribution in [0, 0.1) is 16.0 Å². The number of Topliss-reactive ketones (excluding diaryl/α,β-unsaturated/α-hetero) is 1. The maximum atomic E-state index is 11.9. The number of carbonyl (C=O) groups is 2. The number of non-ortho nitro benzene ring substituents is 1. The smallest absolute Gasteiger partial charge is 0.309 e. The number of nitro groups is 1. The lowest BCUT2D eigenvalue weighted by Crippen LogP contribution is -2.27. The van der Waals surface area contributed by atoms with Crippen molar-refractivity contribution in [2.75, 3.05) is 7.11 Å². The van der Waals surface area contributed by atoms with Gasteiger partial charge < -0.3 is 4.74 Å². The summed E-state index contributed by atoms with van der Waals surface area (Å²) in [5.41, 5.74) is 0.884. The summed E-state index contributed by atoms with van der Waals surface area (Å²) in [5.74, 6) is -1.17. The molecule has 0 saturated heterocycles. The number of hydrogen-bond donors (Lipinski definition) is 0. The molecule has 0 fully saturated rings. The van der Waals surface area contributed by atoms with Gasteiger partial charge in [-0.15, -0.1) is 0 Å². The second-order valence-corrected chi connectivity index (χ2v) is 4.15. The SMILES string of the molecule is COC(=O)C1CC(=O)c2cc([N+](=O)[O-])ccc2C1. The molecule has 0 aromatic heterocycles. The third-order valence-corrected chi connectivity index (χ3v) is 3.04. The van der Waals surface area contributed by atoms with Crippen molar-refractivity contribution in [2.24, 2.45) is 5.92 Å². The second kappa shape index (κ2) is 4.56. The molecule has 6 nitrogen and oxygen atoms in total. The number of nitro benzene ring substituents is 1. The van der Waals surface area contributed by atoms with Gasteiger partial charge in [-0.05, 0) is 12.0 Å². The monoisotopic (exact) mass is 249 g/mol. The van der Waals surface area contributed by atoms with Crippen LogP contribution in [-0.4, -0.2) is 23.8 Å². The van der Waals surface area contributed by atoms with Crippen molar-refractivity contribution in [3.8, 4) is 0 Å². The van der Waals surface area contributed by atoms with Gasteiger partial charge in [0.1, 0.15) is 0 Å². The van der Waals surface area contributed by atoms with Gasteiger partial charge in [0.25, 0.3) is 5.69 Å². The zero-order valence-corrected chi connectivity index (χ0v) is 9.71. The van der Waals surface area contributed by atoms with Crippen LogP contribution < -0.4 is 0 Å². The van der Waals surface area contributed by atoms with Crippen molar-refractivity contribution in [1.29, 1.82) is 0 Å². The van der Waals surface area contributed by atoms with E-state index in [2.05, 4.69) is 4.74 Å². The van der Waals surface area contributed by atoms with Gasteiger partial charge in [-0.25, -0.2) is 0 Å². The first-order chi connectivity index (χ1) is 8.52. The van der Waals surface area contributed by atoms with E-state index in [1.54, 1.807) is 0 Å². The molecule has 1 aromatic rings. The predicted octanol–water partition coefficient (Wildman–Crippen LogP) is 1.51. The molecule has 0 spiro atoms. The highest BCUT2D eigenvalue weighted by atomic mass is 16.6. The van der Waals surface area contributed by atoms with Gasteiger partial charge in [0.05, 0.1) is 18.0 Å². The van der Waals surface area contributed by atoms with Crippen LogP contribution in [-0.2, 0) is 16.0 Å². The lowest BCUT2D eigenvalue weighted by atomic mass is 9.83. The van der Waals surface area contributed by atoms with Crippen LogP contribution >= 0.6 is 0 Å². The number of rotatable bonds is 2. The molecule has 6 heteroatoms. The molecule has 0 N–H and O–H groups in total. The number of ketones is 1. The minimum Gasteiger partial charge on any atom is -0.469 e. The van der Waals surface area contributed by atoms with Gasteiger partial charge in [-0.2, -0.15) is 0 Å². The van der Waals surface area contributed by atoms with Crippen molar-refractivity contribution in [2.45, 2.75) is 12.8 Å². The quantitative estimate of drug-likeness (QED) is 0.450.